The lowest BCUT2D eigenvalue weighted by atomic mass is 9.90. The van der Waals surface area contributed by atoms with Gasteiger partial charge in [-0.2, -0.15) is 0 Å². The number of halogens is 1. The van der Waals surface area contributed by atoms with Crippen molar-refractivity contribution in [2.24, 2.45) is 11.8 Å². The summed E-state index contributed by atoms with van der Waals surface area (Å²) in [5, 5.41) is 4.82. The lowest BCUT2D eigenvalue weighted by molar-refractivity contribution is -0.130. The van der Waals surface area contributed by atoms with E-state index in [0.29, 0.717) is 0 Å². The summed E-state index contributed by atoms with van der Waals surface area (Å²) in [5.41, 5.74) is 5.24. The molecule has 0 fully saturated rings. The number of fused-ring (bicyclic) bond motifs is 3. The van der Waals surface area contributed by atoms with Crippen molar-refractivity contribution in [1.82, 2.24) is 10.6 Å². The van der Waals surface area contributed by atoms with Crippen molar-refractivity contribution in [3.05, 3.63) is 95.6 Å². The molecule has 0 radical (unpaired) electrons. The van der Waals surface area contributed by atoms with Crippen LogP contribution < -0.4 is 10.6 Å². The van der Waals surface area contributed by atoms with Gasteiger partial charge in [0.05, 0.1) is 6.04 Å². The summed E-state index contributed by atoms with van der Waals surface area (Å²) < 4.78 is 5.67. The van der Waals surface area contributed by atoms with Crippen molar-refractivity contribution in [2.45, 2.75) is 51.6 Å². The number of ketones is 1. The van der Waals surface area contributed by atoms with Crippen LogP contribution in [0.5, 0.6) is 0 Å². The highest BCUT2D eigenvalue weighted by Crippen LogP contribution is 2.44. The maximum atomic E-state index is 13.3. The molecule has 0 aliphatic heterocycles. The SMILES string of the molecule is CC(C)C(CC(=O)[C@H](C)NC(=O)[C@H](Cc1ccccc1)NC(=O)OCC1c2ccccc2-c2ccccc21)C(=O)Cl. The van der Waals surface area contributed by atoms with Gasteiger partial charge in [-0.3, -0.25) is 14.4 Å². The average molecular weight is 575 g/mol. The molecule has 3 aromatic rings. The molecule has 1 aliphatic carbocycles. The van der Waals surface area contributed by atoms with Gasteiger partial charge in [-0.25, -0.2) is 4.79 Å². The largest absolute Gasteiger partial charge is 0.449 e. The molecule has 1 unspecified atom stereocenters. The van der Waals surface area contributed by atoms with Gasteiger partial charge in [0.1, 0.15) is 12.6 Å². The highest BCUT2D eigenvalue weighted by molar-refractivity contribution is 6.64. The van der Waals surface area contributed by atoms with Crippen molar-refractivity contribution >= 4 is 34.6 Å². The first-order valence-electron chi connectivity index (χ1n) is 13.8. The van der Waals surface area contributed by atoms with E-state index in [-0.39, 0.29) is 37.1 Å². The zero-order valence-electron chi connectivity index (χ0n) is 23.4. The van der Waals surface area contributed by atoms with E-state index < -0.39 is 35.2 Å². The lowest BCUT2D eigenvalue weighted by Crippen LogP contribution is -2.52. The fourth-order valence-electron chi connectivity index (χ4n) is 5.21. The topological polar surface area (TPSA) is 102 Å². The summed E-state index contributed by atoms with van der Waals surface area (Å²) in [6.07, 6.45) is -0.605. The molecule has 8 heteroatoms. The van der Waals surface area contributed by atoms with E-state index >= 15 is 0 Å². The van der Waals surface area contributed by atoms with Gasteiger partial charge in [0, 0.05) is 24.7 Å². The Labute approximate surface area is 245 Å². The predicted octanol–water partition coefficient (Wildman–Crippen LogP) is 5.64. The van der Waals surface area contributed by atoms with Gasteiger partial charge >= 0.3 is 6.09 Å². The minimum absolute atomic E-state index is 0.0788. The summed E-state index contributed by atoms with van der Waals surface area (Å²) in [6, 6.07) is 23.5. The molecule has 3 atom stereocenters. The van der Waals surface area contributed by atoms with Crippen LogP contribution in [0.4, 0.5) is 4.79 Å². The average Bonchev–Trinajstić information content (AvgIpc) is 3.28. The standard InChI is InChI=1S/C33H35ClN2O5/c1-20(2)27(31(34)38)18-30(37)21(3)35-32(39)29(17-22-11-5-4-6-12-22)36-33(40)41-19-28-25-15-9-7-13-23(25)24-14-8-10-16-26(24)28/h4-16,20-21,27-29H,17-19H2,1-3H3,(H,35,39)(H,36,40)/t21-,27?,29-/m0/s1. The van der Waals surface area contributed by atoms with Crippen LogP contribution in [0.15, 0.2) is 78.9 Å². The lowest BCUT2D eigenvalue weighted by Gasteiger charge is -2.23. The van der Waals surface area contributed by atoms with Gasteiger partial charge in [0.15, 0.2) is 5.78 Å². The molecule has 41 heavy (non-hydrogen) atoms. The Bertz CT molecular complexity index is 1360. The highest BCUT2D eigenvalue weighted by Gasteiger charge is 2.31. The number of Topliss-reactive ketones (excluding diaryl/α,β-unsaturated/α-hetero) is 1. The number of carbonyl (C=O) groups is 4. The van der Waals surface area contributed by atoms with Crippen LogP contribution >= 0.6 is 11.6 Å². The van der Waals surface area contributed by atoms with Crippen LogP contribution in [-0.2, 0) is 25.5 Å². The number of hydrogen-bond donors (Lipinski definition) is 2. The Balaban J connectivity index is 1.43. The maximum Gasteiger partial charge on any atom is 0.407 e. The third-order valence-corrected chi connectivity index (χ3v) is 7.87. The molecule has 0 saturated heterocycles. The van der Waals surface area contributed by atoms with Crippen molar-refractivity contribution in [2.75, 3.05) is 6.61 Å². The first-order chi connectivity index (χ1) is 19.7. The molecule has 3 aromatic carbocycles. The van der Waals surface area contributed by atoms with Crippen molar-refractivity contribution in [1.29, 1.82) is 0 Å². The highest BCUT2D eigenvalue weighted by atomic mass is 35.5. The second-order valence-corrected chi connectivity index (χ2v) is 11.1. The summed E-state index contributed by atoms with van der Waals surface area (Å²) in [4.78, 5) is 50.9. The number of alkyl carbamates (subject to hydrolysis) is 1. The monoisotopic (exact) mass is 574 g/mol. The third kappa shape index (κ3) is 7.41. The van der Waals surface area contributed by atoms with Gasteiger partial charge in [-0.05, 0) is 52.3 Å². The molecule has 0 saturated carbocycles. The molecule has 2 amide bonds. The number of carbonyl (C=O) groups excluding carboxylic acids is 4. The minimum atomic E-state index is -0.987. The van der Waals surface area contributed by atoms with Crippen molar-refractivity contribution in [3.63, 3.8) is 0 Å². The second-order valence-electron chi connectivity index (χ2n) is 10.8. The fourth-order valence-corrected chi connectivity index (χ4v) is 5.54. The van der Waals surface area contributed by atoms with Crippen LogP contribution in [0.1, 0.15) is 49.8 Å². The molecule has 7 nitrogen and oxygen atoms in total. The molecule has 4 rings (SSSR count). The van der Waals surface area contributed by atoms with Crippen LogP contribution in [0.3, 0.4) is 0 Å². The van der Waals surface area contributed by atoms with Crippen LogP contribution in [0.25, 0.3) is 11.1 Å². The van der Waals surface area contributed by atoms with Crippen LogP contribution in [-0.4, -0.2) is 41.7 Å². The fraction of sp³-hybridized carbons (Fsp3) is 0.333. The van der Waals surface area contributed by atoms with E-state index in [4.69, 9.17) is 16.3 Å². The molecule has 0 aromatic heterocycles. The smallest absolute Gasteiger partial charge is 0.407 e. The Kier molecular flexibility index (Phi) is 9.95. The number of benzene rings is 3. The summed E-state index contributed by atoms with van der Waals surface area (Å²) in [6.45, 7) is 5.30. The molecular weight excluding hydrogens is 540 g/mol. The third-order valence-electron chi connectivity index (χ3n) is 7.59. The number of rotatable bonds is 12. The van der Waals surface area contributed by atoms with Gasteiger partial charge in [-0.1, -0.05) is 92.7 Å². The van der Waals surface area contributed by atoms with Gasteiger partial charge in [-0.15, -0.1) is 0 Å². The summed E-state index contributed by atoms with van der Waals surface area (Å²) in [7, 11) is 0. The number of ether oxygens (including phenoxy) is 1. The zero-order chi connectivity index (χ0) is 29.5. The molecule has 0 bridgehead atoms. The van der Waals surface area contributed by atoms with Crippen LogP contribution in [0, 0.1) is 11.8 Å². The Morgan fingerprint density at radius 1 is 0.805 bits per heavy atom. The molecule has 0 heterocycles. The first kappa shape index (κ1) is 30.0. The number of hydrogen-bond acceptors (Lipinski definition) is 5. The van der Waals surface area contributed by atoms with Crippen molar-refractivity contribution in [3.8, 4) is 11.1 Å². The quantitative estimate of drug-likeness (QED) is 0.273. The second kappa shape index (κ2) is 13.6. The van der Waals surface area contributed by atoms with E-state index in [9.17, 15) is 19.2 Å². The van der Waals surface area contributed by atoms with Gasteiger partial charge in [0.2, 0.25) is 11.1 Å². The van der Waals surface area contributed by atoms with Gasteiger partial charge < -0.3 is 15.4 Å². The number of amides is 2. The zero-order valence-corrected chi connectivity index (χ0v) is 24.2. The van der Waals surface area contributed by atoms with E-state index in [1.165, 1.54) is 0 Å². The van der Waals surface area contributed by atoms with E-state index in [1.807, 2.05) is 80.6 Å². The summed E-state index contributed by atoms with van der Waals surface area (Å²) in [5.74, 6) is -1.71. The normalized spacial score (nSPS) is 14.4. The Hall–Kier alpha value is -3.97. The Morgan fingerprint density at radius 3 is 1.93 bits per heavy atom. The predicted molar refractivity (Wildman–Crippen MR) is 159 cm³/mol. The minimum Gasteiger partial charge on any atom is -0.449 e. The molecular formula is C33H35ClN2O5. The molecule has 214 valence electrons. The molecule has 2 N–H and O–H groups in total. The molecule has 0 spiro atoms. The number of nitrogens with one attached hydrogen (secondary N) is 2. The Morgan fingerprint density at radius 2 is 1.37 bits per heavy atom. The van der Waals surface area contributed by atoms with Crippen LogP contribution in [0.2, 0.25) is 0 Å². The van der Waals surface area contributed by atoms with E-state index in [0.717, 1.165) is 27.8 Å². The summed E-state index contributed by atoms with van der Waals surface area (Å²) >= 11 is 5.68. The van der Waals surface area contributed by atoms with Gasteiger partial charge in [0.25, 0.3) is 0 Å². The van der Waals surface area contributed by atoms with E-state index in [1.54, 1.807) is 6.92 Å². The first-order valence-corrected chi connectivity index (χ1v) is 14.2. The maximum absolute atomic E-state index is 13.3. The molecule has 1 aliphatic rings. The van der Waals surface area contributed by atoms with E-state index in [2.05, 4.69) is 22.8 Å². The van der Waals surface area contributed by atoms with Crippen molar-refractivity contribution < 1.29 is 23.9 Å².